The van der Waals surface area contributed by atoms with Crippen molar-refractivity contribution in [3.63, 3.8) is 0 Å². The van der Waals surface area contributed by atoms with E-state index in [0.29, 0.717) is 17.5 Å². The van der Waals surface area contributed by atoms with E-state index >= 15 is 0 Å². The molecule has 0 unspecified atom stereocenters. The van der Waals surface area contributed by atoms with Gasteiger partial charge in [-0.25, -0.2) is 15.0 Å². The van der Waals surface area contributed by atoms with Gasteiger partial charge in [0.2, 0.25) is 0 Å². The van der Waals surface area contributed by atoms with Crippen molar-refractivity contribution >= 4 is 43.7 Å². The lowest BCUT2D eigenvalue weighted by molar-refractivity contribution is 0.332. The maximum absolute atomic E-state index is 6.42. The molecule has 3 aromatic heterocycles. The number of hydrogen-bond donors (Lipinski definition) is 0. The highest BCUT2D eigenvalue weighted by Gasteiger charge is 2.38. The minimum Gasteiger partial charge on any atom is -0.455 e. The molecule has 0 spiro atoms. The van der Waals surface area contributed by atoms with Gasteiger partial charge in [0.15, 0.2) is 17.5 Å². The normalized spacial score (nSPS) is 14.7. The molecule has 10 aromatic rings. The van der Waals surface area contributed by atoms with E-state index in [1.165, 1.54) is 45.8 Å². The standard InChI is InChI=1S/C53H42N4O/c1-52(2)28-29-53(3,4)44-32-46-42(31-43(44)52)39-18-8-10-22-45(39)57(46)37-26-24-34(25-27-37)50-54-49(33-14-6-5-7-15-33)55-51(56-50)36-17-12-16-35(30-36)38-20-13-21-41-40-19-9-11-23-47(40)58-48(38)41/h5-27,30-32H,28-29H2,1-4H3. The van der Waals surface area contributed by atoms with Gasteiger partial charge in [0, 0.05) is 49.5 Å². The zero-order valence-corrected chi connectivity index (χ0v) is 33.1. The molecule has 3 heterocycles. The zero-order valence-electron chi connectivity index (χ0n) is 33.1. The number of nitrogens with zero attached hydrogens (tertiary/aromatic N) is 4. The third-order valence-corrected chi connectivity index (χ3v) is 12.5. The summed E-state index contributed by atoms with van der Waals surface area (Å²) in [7, 11) is 0. The van der Waals surface area contributed by atoms with Gasteiger partial charge in [-0.1, -0.05) is 131 Å². The molecule has 1 aliphatic carbocycles. The molecule has 0 fully saturated rings. The van der Waals surface area contributed by atoms with Crippen LogP contribution in [0.5, 0.6) is 0 Å². The largest absolute Gasteiger partial charge is 0.455 e. The Kier molecular flexibility index (Phi) is 7.61. The molecule has 0 N–H and O–H groups in total. The Morgan fingerprint density at radius 2 is 1.02 bits per heavy atom. The van der Waals surface area contributed by atoms with Crippen LogP contribution in [0.4, 0.5) is 0 Å². The van der Waals surface area contributed by atoms with E-state index in [0.717, 1.165) is 55.4 Å². The zero-order chi connectivity index (χ0) is 39.2. The summed E-state index contributed by atoms with van der Waals surface area (Å²) in [5, 5.41) is 4.79. The Morgan fingerprint density at radius 1 is 0.448 bits per heavy atom. The minimum absolute atomic E-state index is 0.108. The van der Waals surface area contributed by atoms with Gasteiger partial charge in [0.1, 0.15) is 11.2 Å². The fourth-order valence-electron chi connectivity index (χ4n) is 9.22. The second-order valence-corrected chi connectivity index (χ2v) is 17.1. The summed E-state index contributed by atoms with van der Waals surface area (Å²) < 4.78 is 8.85. The molecule has 0 radical (unpaired) electrons. The summed E-state index contributed by atoms with van der Waals surface area (Å²) in [5.41, 5.74) is 13.3. The molecule has 0 saturated heterocycles. The van der Waals surface area contributed by atoms with Gasteiger partial charge < -0.3 is 8.98 Å². The molecule has 0 atom stereocenters. The smallest absolute Gasteiger partial charge is 0.164 e. The Labute approximate surface area is 337 Å². The van der Waals surface area contributed by atoms with E-state index < -0.39 is 0 Å². The lowest BCUT2D eigenvalue weighted by Crippen LogP contribution is -2.33. The van der Waals surface area contributed by atoms with Gasteiger partial charge in [-0.2, -0.15) is 0 Å². The SMILES string of the molecule is CC1(C)CCC(C)(C)c2cc3c(cc21)c1ccccc1n3-c1ccc(-c2nc(-c3ccccc3)nc(-c3cccc(-c4cccc5c4oc4ccccc45)c3)n2)cc1. The van der Waals surface area contributed by atoms with Crippen LogP contribution in [-0.4, -0.2) is 19.5 Å². The van der Waals surface area contributed by atoms with Crippen molar-refractivity contribution in [2.45, 2.75) is 51.4 Å². The molecule has 1 aliphatic rings. The molecule has 0 bridgehead atoms. The third-order valence-electron chi connectivity index (χ3n) is 12.5. The van der Waals surface area contributed by atoms with Crippen molar-refractivity contribution in [2.24, 2.45) is 0 Å². The van der Waals surface area contributed by atoms with Crippen LogP contribution in [0, 0.1) is 0 Å². The van der Waals surface area contributed by atoms with Crippen molar-refractivity contribution in [1.82, 2.24) is 19.5 Å². The Hall–Kier alpha value is -6.85. The molecule has 5 nitrogen and oxygen atoms in total. The van der Waals surface area contributed by atoms with Crippen molar-refractivity contribution < 1.29 is 4.42 Å². The monoisotopic (exact) mass is 750 g/mol. The van der Waals surface area contributed by atoms with E-state index in [1.54, 1.807) is 0 Å². The highest BCUT2D eigenvalue weighted by atomic mass is 16.3. The number of furan rings is 1. The summed E-state index contributed by atoms with van der Waals surface area (Å²) in [5.74, 6) is 1.87. The molecule has 58 heavy (non-hydrogen) atoms. The molecule has 5 heteroatoms. The maximum atomic E-state index is 6.42. The van der Waals surface area contributed by atoms with Crippen molar-refractivity contribution in [2.75, 3.05) is 0 Å². The predicted molar refractivity (Wildman–Crippen MR) is 238 cm³/mol. The van der Waals surface area contributed by atoms with E-state index in [2.05, 4.69) is 148 Å². The van der Waals surface area contributed by atoms with Gasteiger partial charge in [-0.05, 0) is 95.0 Å². The van der Waals surface area contributed by atoms with Gasteiger partial charge in [0.05, 0.1) is 11.0 Å². The summed E-state index contributed by atoms with van der Waals surface area (Å²) in [4.78, 5) is 15.3. The lowest BCUT2D eigenvalue weighted by atomic mass is 9.63. The number of fused-ring (bicyclic) bond motifs is 7. The van der Waals surface area contributed by atoms with Crippen LogP contribution in [0.2, 0.25) is 0 Å². The highest BCUT2D eigenvalue weighted by Crippen LogP contribution is 2.48. The quantitative estimate of drug-likeness (QED) is 0.176. The number of aromatic nitrogens is 4. The van der Waals surface area contributed by atoms with E-state index in [9.17, 15) is 0 Å². The topological polar surface area (TPSA) is 56.7 Å². The average molecular weight is 751 g/mol. The van der Waals surface area contributed by atoms with Crippen LogP contribution in [0.25, 0.3) is 94.7 Å². The minimum atomic E-state index is 0.108. The first kappa shape index (κ1) is 34.4. The van der Waals surface area contributed by atoms with E-state index in [-0.39, 0.29) is 10.8 Å². The Balaban J connectivity index is 1.03. The number of rotatable bonds is 5. The van der Waals surface area contributed by atoms with Crippen molar-refractivity contribution in [3.05, 3.63) is 169 Å². The van der Waals surface area contributed by atoms with Crippen LogP contribution >= 0.6 is 0 Å². The number of hydrogen-bond acceptors (Lipinski definition) is 4. The van der Waals surface area contributed by atoms with Gasteiger partial charge >= 0.3 is 0 Å². The first-order valence-corrected chi connectivity index (χ1v) is 20.2. The molecule has 0 saturated carbocycles. The Morgan fingerprint density at radius 3 is 1.78 bits per heavy atom. The summed E-state index contributed by atoms with van der Waals surface area (Å²) in [6, 6.07) is 55.6. The van der Waals surface area contributed by atoms with Gasteiger partial charge in [0.25, 0.3) is 0 Å². The average Bonchev–Trinajstić information content (AvgIpc) is 3.81. The second-order valence-electron chi connectivity index (χ2n) is 17.1. The summed E-state index contributed by atoms with van der Waals surface area (Å²) in [6.45, 7) is 9.61. The van der Waals surface area contributed by atoms with Crippen LogP contribution < -0.4 is 0 Å². The second kappa shape index (κ2) is 12.8. The summed E-state index contributed by atoms with van der Waals surface area (Å²) >= 11 is 0. The van der Waals surface area contributed by atoms with Crippen LogP contribution in [0.1, 0.15) is 51.7 Å². The first-order chi connectivity index (χ1) is 28.2. The van der Waals surface area contributed by atoms with Crippen LogP contribution in [0.3, 0.4) is 0 Å². The molecule has 0 aliphatic heterocycles. The molecule has 0 amide bonds. The predicted octanol–water partition coefficient (Wildman–Crippen LogP) is 13.9. The van der Waals surface area contributed by atoms with Crippen molar-refractivity contribution in [1.29, 1.82) is 0 Å². The maximum Gasteiger partial charge on any atom is 0.164 e. The first-order valence-electron chi connectivity index (χ1n) is 20.2. The van der Waals surface area contributed by atoms with E-state index in [4.69, 9.17) is 19.4 Å². The van der Waals surface area contributed by atoms with Crippen molar-refractivity contribution in [3.8, 4) is 51.0 Å². The van der Waals surface area contributed by atoms with Crippen LogP contribution in [-0.2, 0) is 10.8 Å². The van der Waals surface area contributed by atoms with Crippen LogP contribution in [0.15, 0.2) is 162 Å². The third kappa shape index (κ3) is 5.48. The molecule has 7 aromatic carbocycles. The summed E-state index contributed by atoms with van der Waals surface area (Å²) in [6.07, 6.45) is 2.36. The lowest BCUT2D eigenvalue weighted by Gasteiger charge is -2.42. The van der Waals surface area contributed by atoms with Gasteiger partial charge in [-0.15, -0.1) is 0 Å². The Bertz CT molecular complexity index is 3220. The molecule has 11 rings (SSSR count). The number of para-hydroxylation sites is 3. The number of benzene rings is 7. The fourth-order valence-corrected chi connectivity index (χ4v) is 9.22. The van der Waals surface area contributed by atoms with E-state index in [1.807, 2.05) is 42.5 Å². The van der Waals surface area contributed by atoms with Gasteiger partial charge in [-0.3, -0.25) is 0 Å². The molecule has 280 valence electrons. The highest BCUT2D eigenvalue weighted by molar-refractivity contribution is 6.11. The molecular weight excluding hydrogens is 709 g/mol. The fraction of sp³-hybridized carbons (Fsp3) is 0.151. The molecular formula is C53H42N4O.